The second-order valence-corrected chi connectivity index (χ2v) is 9.89. The molecule has 0 unspecified atom stereocenters. The van der Waals surface area contributed by atoms with Gasteiger partial charge in [0, 0.05) is 30.8 Å². The fourth-order valence-corrected chi connectivity index (χ4v) is 4.23. The molecule has 1 saturated heterocycles. The van der Waals surface area contributed by atoms with Gasteiger partial charge in [0.1, 0.15) is 12.6 Å². The summed E-state index contributed by atoms with van der Waals surface area (Å²) in [6.45, 7) is 0.000367. The Kier molecular flexibility index (Phi) is 9.78. The van der Waals surface area contributed by atoms with Gasteiger partial charge in [-0.05, 0) is 24.3 Å². The Bertz CT molecular complexity index is 1160. The number of morpholine rings is 1. The SMILES string of the molecule is CC(C)C(=O)N[C@@H](CNC(=O)c1ccc(Cl)s1)C(=O)Nc1ccc(N2CCOCC2=O)c(OC(F)F)c1. The molecular weight excluding hydrogens is 534 g/mol. The summed E-state index contributed by atoms with van der Waals surface area (Å²) in [5, 5.41) is 7.67. The van der Waals surface area contributed by atoms with Crippen LogP contribution in [-0.4, -0.2) is 62.6 Å². The maximum atomic E-state index is 13.1. The normalized spacial score (nSPS) is 14.5. The van der Waals surface area contributed by atoms with E-state index in [4.69, 9.17) is 16.3 Å². The van der Waals surface area contributed by atoms with Crippen LogP contribution < -0.4 is 25.6 Å². The van der Waals surface area contributed by atoms with Crippen LogP contribution in [0.3, 0.4) is 0 Å². The number of thiophene rings is 1. The van der Waals surface area contributed by atoms with Crippen molar-refractivity contribution in [3.05, 3.63) is 39.5 Å². The molecule has 0 bridgehead atoms. The largest absolute Gasteiger partial charge is 0.433 e. The lowest BCUT2D eigenvalue weighted by molar-refractivity contribution is -0.128. The van der Waals surface area contributed by atoms with Crippen molar-refractivity contribution in [3.8, 4) is 5.75 Å². The molecule has 1 aliphatic rings. The molecule has 0 aliphatic carbocycles. The number of ether oxygens (including phenoxy) is 2. The minimum Gasteiger partial charge on any atom is -0.433 e. The molecule has 0 saturated carbocycles. The summed E-state index contributed by atoms with van der Waals surface area (Å²) in [6, 6.07) is 5.81. The molecule has 2 heterocycles. The molecule has 1 aromatic heterocycles. The first kappa shape index (κ1) is 28.3. The van der Waals surface area contributed by atoms with Crippen LogP contribution in [0, 0.1) is 5.92 Å². The molecule has 1 atom stereocenters. The highest BCUT2D eigenvalue weighted by Gasteiger charge is 2.27. The molecule has 2 aromatic rings. The first-order valence-electron chi connectivity index (χ1n) is 11.2. The van der Waals surface area contributed by atoms with E-state index in [0.717, 1.165) is 17.4 Å². The molecule has 200 valence electrons. The van der Waals surface area contributed by atoms with Gasteiger partial charge >= 0.3 is 6.61 Å². The van der Waals surface area contributed by atoms with Crippen molar-refractivity contribution in [1.29, 1.82) is 0 Å². The fourth-order valence-electron chi connectivity index (χ4n) is 3.27. The summed E-state index contributed by atoms with van der Waals surface area (Å²) in [7, 11) is 0. The summed E-state index contributed by atoms with van der Waals surface area (Å²) >= 11 is 6.91. The predicted molar refractivity (Wildman–Crippen MR) is 133 cm³/mol. The van der Waals surface area contributed by atoms with Crippen molar-refractivity contribution < 1.29 is 37.4 Å². The zero-order valence-corrected chi connectivity index (χ0v) is 21.5. The fraction of sp³-hybridized carbons (Fsp3) is 0.391. The van der Waals surface area contributed by atoms with Crippen LogP contribution in [0.5, 0.6) is 5.75 Å². The number of nitrogens with zero attached hydrogens (tertiary/aromatic N) is 1. The number of nitrogens with one attached hydrogen (secondary N) is 3. The van der Waals surface area contributed by atoms with Crippen LogP contribution in [0.4, 0.5) is 20.2 Å². The number of halogens is 3. The maximum absolute atomic E-state index is 13.1. The van der Waals surface area contributed by atoms with Gasteiger partial charge < -0.3 is 30.3 Å². The van der Waals surface area contributed by atoms with E-state index in [0.29, 0.717) is 9.21 Å². The van der Waals surface area contributed by atoms with Crippen molar-refractivity contribution in [2.45, 2.75) is 26.5 Å². The molecule has 4 amide bonds. The van der Waals surface area contributed by atoms with Gasteiger partial charge in [-0.3, -0.25) is 19.2 Å². The van der Waals surface area contributed by atoms with E-state index in [1.807, 2.05) is 0 Å². The minimum atomic E-state index is -3.18. The third kappa shape index (κ3) is 7.84. The van der Waals surface area contributed by atoms with Gasteiger partial charge in [-0.15, -0.1) is 11.3 Å². The number of carbonyl (C=O) groups is 4. The highest BCUT2D eigenvalue weighted by Crippen LogP contribution is 2.33. The third-order valence-corrected chi connectivity index (χ3v) is 6.37. The predicted octanol–water partition coefficient (Wildman–Crippen LogP) is 2.88. The molecular formula is C23H25ClF2N4O6S. The lowest BCUT2D eigenvalue weighted by atomic mass is 10.1. The van der Waals surface area contributed by atoms with E-state index >= 15 is 0 Å². The molecule has 0 spiro atoms. The van der Waals surface area contributed by atoms with Crippen LogP contribution in [0.2, 0.25) is 4.34 Å². The second-order valence-electron chi connectivity index (χ2n) is 8.18. The number of rotatable bonds is 10. The number of anilines is 2. The van der Waals surface area contributed by atoms with Crippen LogP contribution in [-0.2, 0) is 19.1 Å². The van der Waals surface area contributed by atoms with Gasteiger partial charge in [-0.25, -0.2) is 0 Å². The zero-order chi connectivity index (χ0) is 27.1. The number of carbonyl (C=O) groups excluding carboxylic acids is 4. The molecule has 0 radical (unpaired) electrons. The van der Waals surface area contributed by atoms with Crippen LogP contribution >= 0.6 is 22.9 Å². The van der Waals surface area contributed by atoms with E-state index < -0.39 is 42.2 Å². The minimum absolute atomic E-state index is 0.0743. The van der Waals surface area contributed by atoms with E-state index in [1.165, 1.54) is 23.1 Å². The van der Waals surface area contributed by atoms with Crippen molar-refractivity contribution in [3.63, 3.8) is 0 Å². The summed E-state index contributed by atoms with van der Waals surface area (Å²) < 4.78 is 36.3. The molecule has 37 heavy (non-hydrogen) atoms. The van der Waals surface area contributed by atoms with Crippen LogP contribution in [0.25, 0.3) is 0 Å². The smallest absolute Gasteiger partial charge is 0.387 e. The van der Waals surface area contributed by atoms with Gasteiger partial charge in [0.15, 0.2) is 5.75 Å². The highest BCUT2D eigenvalue weighted by molar-refractivity contribution is 7.18. The average molecular weight is 559 g/mol. The standard InChI is InChI=1S/C23H25ClF2N4O6S/c1-12(2)20(32)29-14(10-27-22(34)17-5-6-18(24)37-17)21(33)28-13-3-4-15(16(9-13)36-23(25)26)30-7-8-35-11-19(30)31/h3-6,9,12,14,23H,7-8,10-11H2,1-2H3,(H,27,34)(H,28,33)(H,29,32)/t14-/m0/s1. The number of amides is 4. The molecule has 1 aromatic carbocycles. The molecule has 14 heteroatoms. The number of alkyl halides is 2. The summed E-state index contributed by atoms with van der Waals surface area (Å²) in [6.07, 6.45) is 0. The Morgan fingerprint density at radius 1 is 1.19 bits per heavy atom. The number of benzene rings is 1. The first-order chi connectivity index (χ1) is 17.5. The summed E-state index contributed by atoms with van der Waals surface area (Å²) in [5.41, 5.74) is 0.170. The van der Waals surface area contributed by atoms with Crippen molar-refractivity contribution in [1.82, 2.24) is 10.6 Å². The third-order valence-electron chi connectivity index (χ3n) is 5.14. The Morgan fingerprint density at radius 2 is 1.95 bits per heavy atom. The molecule has 3 rings (SSSR count). The first-order valence-corrected chi connectivity index (χ1v) is 12.4. The quantitative estimate of drug-likeness (QED) is 0.412. The Hall–Kier alpha value is -3.29. The van der Waals surface area contributed by atoms with Crippen molar-refractivity contribution >= 4 is 57.9 Å². The van der Waals surface area contributed by atoms with Gasteiger partial charge in [-0.2, -0.15) is 8.78 Å². The molecule has 1 fully saturated rings. The molecule has 1 aliphatic heterocycles. The molecule has 3 N–H and O–H groups in total. The Balaban J connectivity index is 1.78. The van der Waals surface area contributed by atoms with E-state index in [2.05, 4.69) is 20.7 Å². The summed E-state index contributed by atoms with van der Waals surface area (Å²) in [4.78, 5) is 51.5. The Labute approximate surface area is 220 Å². The molecule has 10 nitrogen and oxygen atoms in total. The topological polar surface area (TPSA) is 126 Å². The monoisotopic (exact) mass is 558 g/mol. The van der Waals surface area contributed by atoms with E-state index in [-0.39, 0.29) is 43.4 Å². The highest BCUT2D eigenvalue weighted by atomic mass is 35.5. The van der Waals surface area contributed by atoms with Crippen molar-refractivity contribution in [2.24, 2.45) is 5.92 Å². The lowest BCUT2D eigenvalue weighted by Gasteiger charge is -2.28. The zero-order valence-electron chi connectivity index (χ0n) is 19.9. The summed E-state index contributed by atoms with van der Waals surface area (Å²) in [5.74, 6) is -2.83. The Morgan fingerprint density at radius 3 is 2.57 bits per heavy atom. The van der Waals surface area contributed by atoms with Gasteiger partial charge in [0.2, 0.25) is 11.8 Å². The van der Waals surface area contributed by atoms with E-state index in [1.54, 1.807) is 19.9 Å². The van der Waals surface area contributed by atoms with Gasteiger partial charge in [0.05, 0.1) is 21.5 Å². The van der Waals surface area contributed by atoms with Gasteiger partial charge in [0.25, 0.3) is 11.8 Å². The second kappa shape index (κ2) is 12.8. The van der Waals surface area contributed by atoms with Gasteiger partial charge in [-0.1, -0.05) is 25.4 Å². The lowest BCUT2D eigenvalue weighted by Crippen LogP contribution is -2.51. The van der Waals surface area contributed by atoms with Crippen LogP contribution in [0.1, 0.15) is 23.5 Å². The van der Waals surface area contributed by atoms with Crippen LogP contribution in [0.15, 0.2) is 30.3 Å². The van der Waals surface area contributed by atoms with Crippen molar-refractivity contribution in [2.75, 3.05) is 36.5 Å². The maximum Gasteiger partial charge on any atom is 0.387 e. The average Bonchev–Trinajstić information content (AvgIpc) is 3.28. The number of hydrogen-bond acceptors (Lipinski definition) is 7. The van der Waals surface area contributed by atoms with E-state index in [9.17, 15) is 28.0 Å². The number of hydrogen-bond donors (Lipinski definition) is 3.